The van der Waals surface area contributed by atoms with Crippen molar-refractivity contribution < 1.29 is 9.90 Å². The molecule has 3 N–H and O–H groups in total. The molecule has 2 rings (SSSR count). The van der Waals surface area contributed by atoms with Crippen LogP contribution in [0, 0.1) is 0 Å². The molecular formula is C12H16N2O2. The zero-order chi connectivity index (χ0) is 11.9. The van der Waals surface area contributed by atoms with Gasteiger partial charge in [-0.05, 0) is 35.8 Å². The molecule has 1 aromatic heterocycles. The Balaban J connectivity index is 2.74. The Labute approximate surface area is 94.5 Å². The van der Waals surface area contributed by atoms with Gasteiger partial charge in [0.15, 0.2) is 0 Å². The van der Waals surface area contributed by atoms with Gasteiger partial charge >= 0.3 is 5.97 Å². The highest BCUT2D eigenvalue weighted by molar-refractivity contribution is 5.95. The van der Waals surface area contributed by atoms with E-state index in [1.165, 1.54) is 0 Å². The summed E-state index contributed by atoms with van der Waals surface area (Å²) in [5.74, 6) is -0.849. The van der Waals surface area contributed by atoms with Gasteiger partial charge in [0.2, 0.25) is 0 Å². The fraction of sp³-hybridized carbons (Fsp3) is 0.500. The maximum absolute atomic E-state index is 11.3. The summed E-state index contributed by atoms with van der Waals surface area (Å²) < 4.78 is 0. The number of hydrogen-bond donors (Lipinski definition) is 2. The Morgan fingerprint density at radius 3 is 2.88 bits per heavy atom. The van der Waals surface area contributed by atoms with Crippen LogP contribution < -0.4 is 5.73 Å². The Bertz CT molecular complexity index is 453. The zero-order valence-corrected chi connectivity index (χ0v) is 9.58. The highest BCUT2D eigenvalue weighted by Crippen LogP contribution is 2.39. The second-order valence-electron chi connectivity index (χ2n) is 4.96. The number of carboxylic acid groups (broad SMARTS) is 1. The highest BCUT2D eigenvalue weighted by atomic mass is 16.4. The van der Waals surface area contributed by atoms with Crippen LogP contribution in [-0.2, 0) is 11.8 Å². The summed E-state index contributed by atoms with van der Waals surface area (Å²) >= 11 is 0. The molecule has 16 heavy (non-hydrogen) atoms. The maximum atomic E-state index is 11.3. The molecule has 4 nitrogen and oxygen atoms in total. The lowest BCUT2D eigenvalue weighted by Gasteiger charge is -2.33. The molecule has 4 heteroatoms. The van der Waals surface area contributed by atoms with Crippen LogP contribution in [0.25, 0.3) is 0 Å². The molecule has 0 fully saturated rings. The first-order valence-corrected chi connectivity index (χ1v) is 5.44. The van der Waals surface area contributed by atoms with Gasteiger partial charge in [0.25, 0.3) is 0 Å². The second-order valence-corrected chi connectivity index (χ2v) is 4.96. The van der Waals surface area contributed by atoms with Gasteiger partial charge in [0.05, 0.1) is 0 Å². The number of nitrogen functional groups attached to an aromatic ring is 1. The van der Waals surface area contributed by atoms with Crippen LogP contribution >= 0.6 is 0 Å². The first kappa shape index (κ1) is 10.9. The second kappa shape index (κ2) is 3.47. The number of carbonyl (C=O) groups is 1. The van der Waals surface area contributed by atoms with Crippen molar-refractivity contribution in [3.05, 3.63) is 22.9 Å². The molecule has 0 radical (unpaired) electrons. The molecule has 0 bridgehead atoms. The van der Waals surface area contributed by atoms with E-state index in [0.29, 0.717) is 0 Å². The molecule has 0 spiro atoms. The number of pyridine rings is 1. The van der Waals surface area contributed by atoms with Gasteiger partial charge in [-0.1, -0.05) is 13.8 Å². The summed E-state index contributed by atoms with van der Waals surface area (Å²) in [6.07, 6.45) is 4.68. The minimum absolute atomic E-state index is 0.126. The molecule has 1 aromatic rings. The third-order valence-electron chi connectivity index (χ3n) is 3.33. The molecule has 1 aliphatic rings. The van der Waals surface area contributed by atoms with Crippen LogP contribution in [0.15, 0.2) is 6.20 Å². The van der Waals surface area contributed by atoms with Crippen molar-refractivity contribution in [2.24, 2.45) is 0 Å². The summed E-state index contributed by atoms with van der Waals surface area (Å²) in [7, 11) is 0. The molecule has 0 unspecified atom stereocenters. The van der Waals surface area contributed by atoms with Crippen molar-refractivity contribution in [1.82, 2.24) is 4.98 Å². The molecular weight excluding hydrogens is 204 g/mol. The van der Waals surface area contributed by atoms with Gasteiger partial charge in [0, 0.05) is 6.20 Å². The van der Waals surface area contributed by atoms with Gasteiger partial charge in [-0.2, -0.15) is 0 Å². The summed E-state index contributed by atoms with van der Waals surface area (Å²) in [4.78, 5) is 15.2. The number of nitrogens with two attached hydrogens (primary N) is 1. The predicted octanol–water partition coefficient (Wildman–Crippen LogP) is 1.98. The summed E-state index contributed by atoms with van der Waals surface area (Å²) in [5.41, 5.74) is 7.65. The normalized spacial score (nSPS) is 17.9. The third kappa shape index (κ3) is 1.54. The van der Waals surface area contributed by atoms with E-state index in [1.807, 2.05) is 0 Å². The van der Waals surface area contributed by atoms with Crippen LogP contribution in [0.5, 0.6) is 0 Å². The van der Waals surface area contributed by atoms with E-state index in [0.717, 1.165) is 30.4 Å². The Morgan fingerprint density at radius 1 is 1.56 bits per heavy atom. The largest absolute Gasteiger partial charge is 0.478 e. The average molecular weight is 220 g/mol. The fourth-order valence-corrected chi connectivity index (χ4v) is 2.59. The van der Waals surface area contributed by atoms with Gasteiger partial charge in [-0.25, -0.2) is 9.78 Å². The van der Waals surface area contributed by atoms with E-state index in [2.05, 4.69) is 18.8 Å². The number of hydrogen-bond acceptors (Lipinski definition) is 3. The molecule has 0 atom stereocenters. The van der Waals surface area contributed by atoms with Crippen molar-refractivity contribution in [2.75, 3.05) is 5.73 Å². The molecule has 0 aromatic carbocycles. The van der Waals surface area contributed by atoms with Crippen LogP contribution in [-0.4, -0.2) is 16.1 Å². The van der Waals surface area contributed by atoms with Gasteiger partial charge in [0.1, 0.15) is 11.4 Å². The van der Waals surface area contributed by atoms with Gasteiger partial charge in [-0.15, -0.1) is 0 Å². The number of aromatic nitrogens is 1. The van der Waals surface area contributed by atoms with Crippen LogP contribution in [0.1, 0.15) is 48.2 Å². The van der Waals surface area contributed by atoms with E-state index in [1.54, 1.807) is 6.20 Å². The maximum Gasteiger partial charge on any atom is 0.339 e. The standard InChI is InChI=1S/C12H16N2O2/c1-12(2)5-3-4-7-6-14-10(13)8(9(7)12)11(15)16/h6H,3-5H2,1-2H3,(H2,13,14)(H,15,16). The quantitative estimate of drug-likeness (QED) is 0.758. The molecule has 1 heterocycles. The lowest BCUT2D eigenvalue weighted by Crippen LogP contribution is -2.28. The SMILES string of the molecule is CC1(C)CCCc2cnc(N)c(C(=O)O)c21. The smallest absolute Gasteiger partial charge is 0.339 e. The number of aryl methyl sites for hydroxylation is 1. The number of carboxylic acids is 1. The van der Waals surface area contributed by atoms with Gasteiger partial charge < -0.3 is 10.8 Å². The minimum Gasteiger partial charge on any atom is -0.478 e. The molecule has 1 aliphatic carbocycles. The minimum atomic E-state index is -0.975. The number of aromatic carboxylic acids is 1. The fourth-order valence-electron chi connectivity index (χ4n) is 2.59. The number of anilines is 1. The van der Waals surface area contributed by atoms with Crippen LogP contribution in [0.2, 0.25) is 0 Å². The Kier molecular flexibility index (Phi) is 2.37. The summed E-state index contributed by atoms with van der Waals surface area (Å²) in [5, 5.41) is 9.23. The Morgan fingerprint density at radius 2 is 2.25 bits per heavy atom. The Hall–Kier alpha value is -1.58. The zero-order valence-electron chi connectivity index (χ0n) is 9.58. The summed E-state index contributed by atoms with van der Waals surface area (Å²) in [6.45, 7) is 4.13. The lowest BCUT2D eigenvalue weighted by atomic mass is 9.71. The molecule has 0 saturated heterocycles. The third-order valence-corrected chi connectivity index (χ3v) is 3.33. The number of rotatable bonds is 1. The first-order valence-electron chi connectivity index (χ1n) is 5.44. The van der Waals surface area contributed by atoms with Crippen molar-refractivity contribution in [3.8, 4) is 0 Å². The number of nitrogens with zero attached hydrogens (tertiary/aromatic N) is 1. The van der Waals surface area contributed by atoms with Crippen molar-refractivity contribution >= 4 is 11.8 Å². The molecule has 0 aliphatic heterocycles. The van der Waals surface area contributed by atoms with E-state index < -0.39 is 5.97 Å². The molecule has 0 saturated carbocycles. The van der Waals surface area contributed by atoms with Gasteiger partial charge in [-0.3, -0.25) is 0 Å². The van der Waals surface area contributed by atoms with E-state index in [9.17, 15) is 9.90 Å². The highest BCUT2D eigenvalue weighted by Gasteiger charge is 2.33. The lowest BCUT2D eigenvalue weighted by molar-refractivity contribution is 0.0694. The van der Waals surface area contributed by atoms with E-state index in [-0.39, 0.29) is 16.8 Å². The van der Waals surface area contributed by atoms with Crippen LogP contribution in [0.4, 0.5) is 5.82 Å². The number of fused-ring (bicyclic) bond motifs is 1. The van der Waals surface area contributed by atoms with Crippen molar-refractivity contribution in [1.29, 1.82) is 0 Å². The van der Waals surface area contributed by atoms with Crippen molar-refractivity contribution in [3.63, 3.8) is 0 Å². The molecule has 86 valence electrons. The predicted molar refractivity (Wildman–Crippen MR) is 61.6 cm³/mol. The average Bonchev–Trinajstić information content (AvgIpc) is 2.17. The van der Waals surface area contributed by atoms with E-state index >= 15 is 0 Å². The van der Waals surface area contributed by atoms with E-state index in [4.69, 9.17) is 5.73 Å². The van der Waals surface area contributed by atoms with Crippen LogP contribution in [0.3, 0.4) is 0 Å². The molecule has 0 amide bonds. The first-order chi connectivity index (χ1) is 7.43. The van der Waals surface area contributed by atoms with Crippen molar-refractivity contribution in [2.45, 2.75) is 38.5 Å². The topological polar surface area (TPSA) is 76.2 Å². The monoisotopic (exact) mass is 220 g/mol. The summed E-state index contributed by atoms with van der Waals surface area (Å²) in [6, 6.07) is 0.